The molecule has 0 radical (unpaired) electrons. The van der Waals surface area contributed by atoms with Gasteiger partial charge in [0.15, 0.2) is 0 Å². The van der Waals surface area contributed by atoms with Gasteiger partial charge in [-0.25, -0.2) is 0 Å². The van der Waals surface area contributed by atoms with Crippen LogP contribution in [0.25, 0.3) is 11.1 Å². The molecule has 1 fully saturated rings. The standard InChI is InChI=1S/C19H22N2O2.ClH/c22-19(17-10-6-12-20-17)21-13-14-23-18-11-5-4-9-16(18)15-7-2-1-3-8-15;/h1-5,7-9,11,17,20H,6,10,12-14H2,(H,21,22);1H. The zero-order valence-corrected chi connectivity index (χ0v) is 14.4. The summed E-state index contributed by atoms with van der Waals surface area (Å²) in [6, 6.07) is 18.1. The first-order valence-corrected chi connectivity index (χ1v) is 8.13. The Labute approximate surface area is 149 Å². The molecule has 1 saturated heterocycles. The number of rotatable bonds is 6. The van der Waals surface area contributed by atoms with Crippen LogP contribution in [0.15, 0.2) is 54.6 Å². The smallest absolute Gasteiger partial charge is 0.237 e. The number of para-hydroxylation sites is 1. The van der Waals surface area contributed by atoms with Crippen molar-refractivity contribution in [3.8, 4) is 16.9 Å². The SMILES string of the molecule is Cl.O=C(NCCOc1ccccc1-c1ccccc1)C1CCCN1. The summed E-state index contributed by atoms with van der Waals surface area (Å²) in [4.78, 5) is 11.9. The van der Waals surface area contributed by atoms with Gasteiger partial charge in [0.1, 0.15) is 12.4 Å². The van der Waals surface area contributed by atoms with Gasteiger partial charge in [0.05, 0.1) is 12.6 Å². The van der Waals surface area contributed by atoms with Gasteiger partial charge < -0.3 is 15.4 Å². The Morgan fingerprint density at radius 1 is 1.12 bits per heavy atom. The number of hydrogen-bond acceptors (Lipinski definition) is 3. The van der Waals surface area contributed by atoms with Crippen molar-refractivity contribution in [2.24, 2.45) is 0 Å². The third-order valence-corrected chi connectivity index (χ3v) is 4.01. The van der Waals surface area contributed by atoms with Crippen LogP contribution in [0.3, 0.4) is 0 Å². The Balaban J connectivity index is 0.00000208. The summed E-state index contributed by atoms with van der Waals surface area (Å²) < 4.78 is 5.87. The molecule has 0 aliphatic carbocycles. The van der Waals surface area contributed by atoms with E-state index in [1.165, 1.54) is 0 Å². The first kappa shape index (κ1) is 18.3. The van der Waals surface area contributed by atoms with Crippen LogP contribution in [-0.2, 0) is 4.79 Å². The number of benzene rings is 2. The molecule has 5 heteroatoms. The van der Waals surface area contributed by atoms with Gasteiger partial charge in [-0.05, 0) is 31.0 Å². The number of amides is 1. The maximum Gasteiger partial charge on any atom is 0.237 e. The highest BCUT2D eigenvalue weighted by Gasteiger charge is 2.21. The Bertz CT molecular complexity index is 643. The van der Waals surface area contributed by atoms with Crippen LogP contribution in [0.2, 0.25) is 0 Å². The van der Waals surface area contributed by atoms with Crippen molar-refractivity contribution in [3.63, 3.8) is 0 Å². The van der Waals surface area contributed by atoms with Gasteiger partial charge in [-0.2, -0.15) is 0 Å². The second-order valence-electron chi connectivity index (χ2n) is 5.65. The summed E-state index contributed by atoms with van der Waals surface area (Å²) in [5.41, 5.74) is 2.19. The average Bonchev–Trinajstić information content (AvgIpc) is 3.14. The van der Waals surface area contributed by atoms with Crippen molar-refractivity contribution in [2.75, 3.05) is 19.7 Å². The van der Waals surface area contributed by atoms with Gasteiger partial charge in [-0.1, -0.05) is 48.5 Å². The predicted octanol–water partition coefficient (Wildman–Crippen LogP) is 3.02. The molecule has 0 bridgehead atoms. The topological polar surface area (TPSA) is 50.4 Å². The van der Waals surface area contributed by atoms with E-state index in [9.17, 15) is 4.79 Å². The van der Waals surface area contributed by atoms with Crippen molar-refractivity contribution in [2.45, 2.75) is 18.9 Å². The quantitative estimate of drug-likeness (QED) is 0.790. The molecule has 128 valence electrons. The van der Waals surface area contributed by atoms with E-state index < -0.39 is 0 Å². The number of halogens is 1. The van der Waals surface area contributed by atoms with Crippen LogP contribution >= 0.6 is 12.4 Å². The number of hydrogen-bond donors (Lipinski definition) is 2. The molecule has 3 rings (SSSR count). The van der Waals surface area contributed by atoms with Crippen LogP contribution in [-0.4, -0.2) is 31.6 Å². The highest BCUT2D eigenvalue weighted by molar-refractivity contribution is 5.85. The lowest BCUT2D eigenvalue weighted by molar-refractivity contribution is -0.122. The minimum Gasteiger partial charge on any atom is -0.491 e. The molecule has 1 aliphatic heterocycles. The fraction of sp³-hybridized carbons (Fsp3) is 0.316. The molecular weight excluding hydrogens is 324 g/mol. The van der Waals surface area contributed by atoms with Gasteiger partial charge in [0.2, 0.25) is 5.91 Å². The fourth-order valence-electron chi connectivity index (χ4n) is 2.82. The van der Waals surface area contributed by atoms with Crippen molar-refractivity contribution < 1.29 is 9.53 Å². The van der Waals surface area contributed by atoms with Crippen LogP contribution < -0.4 is 15.4 Å². The Morgan fingerprint density at radius 3 is 2.62 bits per heavy atom. The minimum atomic E-state index is -0.0356. The summed E-state index contributed by atoms with van der Waals surface area (Å²) in [5.74, 6) is 0.911. The monoisotopic (exact) mass is 346 g/mol. The molecule has 0 aromatic heterocycles. The zero-order valence-electron chi connectivity index (χ0n) is 13.5. The second-order valence-corrected chi connectivity index (χ2v) is 5.65. The molecule has 1 atom stereocenters. The maximum atomic E-state index is 11.9. The van der Waals surface area contributed by atoms with E-state index >= 15 is 0 Å². The molecule has 0 spiro atoms. The molecule has 1 unspecified atom stereocenters. The number of carbonyl (C=O) groups excluding carboxylic acids is 1. The molecule has 2 aromatic rings. The Hall–Kier alpha value is -2.04. The molecule has 4 nitrogen and oxygen atoms in total. The van der Waals surface area contributed by atoms with E-state index in [1.54, 1.807) is 0 Å². The summed E-state index contributed by atoms with van der Waals surface area (Å²) in [6.45, 7) is 1.90. The molecule has 1 aliphatic rings. The van der Waals surface area contributed by atoms with Crippen LogP contribution in [0, 0.1) is 0 Å². The van der Waals surface area contributed by atoms with Crippen LogP contribution in [0.1, 0.15) is 12.8 Å². The average molecular weight is 347 g/mol. The molecular formula is C19H23ClN2O2. The number of nitrogens with one attached hydrogen (secondary N) is 2. The number of ether oxygens (including phenoxy) is 1. The van der Waals surface area contributed by atoms with Crippen molar-refractivity contribution in [1.82, 2.24) is 10.6 Å². The van der Waals surface area contributed by atoms with E-state index in [-0.39, 0.29) is 24.4 Å². The molecule has 1 amide bonds. The van der Waals surface area contributed by atoms with E-state index in [1.807, 2.05) is 42.5 Å². The molecule has 24 heavy (non-hydrogen) atoms. The van der Waals surface area contributed by atoms with E-state index in [0.29, 0.717) is 13.2 Å². The van der Waals surface area contributed by atoms with E-state index in [2.05, 4.69) is 22.8 Å². The van der Waals surface area contributed by atoms with Gasteiger partial charge >= 0.3 is 0 Å². The lowest BCUT2D eigenvalue weighted by Gasteiger charge is -2.14. The van der Waals surface area contributed by atoms with Gasteiger partial charge in [0.25, 0.3) is 0 Å². The van der Waals surface area contributed by atoms with Crippen molar-refractivity contribution >= 4 is 18.3 Å². The summed E-state index contributed by atoms with van der Waals surface area (Å²) in [5, 5.41) is 6.12. The van der Waals surface area contributed by atoms with E-state index in [4.69, 9.17) is 4.74 Å². The fourth-order valence-corrected chi connectivity index (χ4v) is 2.82. The molecule has 1 heterocycles. The van der Waals surface area contributed by atoms with Crippen LogP contribution in [0.4, 0.5) is 0 Å². The van der Waals surface area contributed by atoms with E-state index in [0.717, 1.165) is 36.3 Å². The van der Waals surface area contributed by atoms with Gasteiger partial charge in [-0.3, -0.25) is 4.79 Å². The predicted molar refractivity (Wildman–Crippen MR) is 98.7 cm³/mol. The van der Waals surface area contributed by atoms with Gasteiger partial charge in [-0.15, -0.1) is 12.4 Å². The highest BCUT2D eigenvalue weighted by Crippen LogP contribution is 2.29. The highest BCUT2D eigenvalue weighted by atomic mass is 35.5. The molecule has 2 N–H and O–H groups in total. The third-order valence-electron chi connectivity index (χ3n) is 4.01. The van der Waals surface area contributed by atoms with Crippen molar-refractivity contribution in [3.05, 3.63) is 54.6 Å². The van der Waals surface area contributed by atoms with Crippen molar-refractivity contribution in [1.29, 1.82) is 0 Å². The summed E-state index contributed by atoms with van der Waals surface area (Å²) >= 11 is 0. The second kappa shape index (κ2) is 9.30. The van der Waals surface area contributed by atoms with Crippen LogP contribution in [0.5, 0.6) is 5.75 Å². The largest absolute Gasteiger partial charge is 0.491 e. The molecule has 0 saturated carbocycles. The zero-order chi connectivity index (χ0) is 15.9. The first-order valence-electron chi connectivity index (χ1n) is 8.13. The third kappa shape index (κ3) is 4.73. The number of carbonyl (C=O) groups is 1. The maximum absolute atomic E-state index is 11.9. The Kier molecular flexibility index (Phi) is 7.09. The first-order chi connectivity index (χ1) is 11.3. The molecule has 2 aromatic carbocycles. The van der Waals surface area contributed by atoms with Gasteiger partial charge in [0, 0.05) is 5.56 Å². The lowest BCUT2D eigenvalue weighted by atomic mass is 10.1. The summed E-state index contributed by atoms with van der Waals surface area (Å²) in [6.07, 6.45) is 1.99. The lowest BCUT2D eigenvalue weighted by Crippen LogP contribution is -2.41. The Morgan fingerprint density at radius 2 is 1.88 bits per heavy atom. The normalized spacial score (nSPS) is 16.2. The minimum absolute atomic E-state index is 0. The summed E-state index contributed by atoms with van der Waals surface area (Å²) in [7, 11) is 0.